The quantitative estimate of drug-likeness (QED) is 0.794. The van der Waals surface area contributed by atoms with E-state index in [4.69, 9.17) is 5.73 Å². The van der Waals surface area contributed by atoms with E-state index in [1.54, 1.807) is 0 Å². The maximum atomic E-state index is 5.78. The lowest BCUT2D eigenvalue weighted by atomic mass is 9.95. The average molecular weight is 193 g/mol. The van der Waals surface area contributed by atoms with Crippen molar-refractivity contribution in [1.82, 2.24) is 9.55 Å². The van der Waals surface area contributed by atoms with Crippen molar-refractivity contribution in [3.8, 4) is 0 Å². The third kappa shape index (κ3) is 1.57. The number of hydrogen-bond donors (Lipinski definition) is 1. The first-order valence-electron chi connectivity index (χ1n) is 5.58. The molecule has 3 nitrogen and oxygen atoms in total. The summed E-state index contributed by atoms with van der Waals surface area (Å²) < 4.78 is 2.25. The topological polar surface area (TPSA) is 43.8 Å². The van der Waals surface area contributed by atoms with Crippen molar-refractivity contribution in [2.75, 3.05) is 6.54 Å². The van der Waals surface area contributed by atoms with Crippen LogP contribution in [0.15, 0.2) is 12.4 Å². The summed E-state index contributed by atoms with van der Waals surface area (Å²) in [6.07, 6.45) is 7.83. The van der Waals surface area contributed by atoms with Crippen LogP contribution in [0.5, 0.6) is 0 Å². The Morgan fingerprint density at radius 2 is 2.43 bits per heavy atom. The van der Waals surface area contributed by atoms with Crippen LogP contribution in [-0.4, -0.2) is 16.1 Å². The van der Waals surface area contributed by atoms with Gasteiger partial charge in [-0.1, -0.05) is 6.42 Å². The molecule has 0 radical (unpaired) electrons. The first-order valence-corrected chi connectivity index (χ1v) is 5.58. The molecule has 1 fully saturated rings. The molecule has 78 valence electrons. The molecule has 1 aliphatic carbocycles. The number of imidazole rings is 1. The molecule has 1 aromatic heterocycles. The van der Waals surface area contributed by atoms with Crippen molar-refractivity contribution in [3.63, 3.8) is 0 Å². The fourth-order valence-electron chi connectivity index (χ4n) is 2.58. The minimum absolute atomic E-state index is 0.606. The van der Waals surface area contributed by atoms with E-state index in [2.05, 4.69) is 22.7 Å². The first-order chi connectivity index (χ1) is 6.86. The van der Waals surface area contributed by atoms with Crippen LogP contribution in [0.25, 0.3) is 0 Å². The van der Waals surface area contributed by atoms with Gasteiger partial charge in [-0.2, -0.15) is 0 Å². The fourth-order valence-corrected chi connectivity index (χ4v) is 2.58. The summed E-state index contributed by atoms with van der Waals surface area (Å²) in [5.74, 6) is 2.51. The van der Waals surface area contributed by atoms with Gasteiger partial charge in [0.15, 0.2) is 0 Å². The summed E-state index contributed by atoms with van der Waals surface area (Å²) >= 11 is 0. The summed E-state index contributed by atoms with van der Waals surface area (Å²) in [5.41, 5.74) is 5.78. The van der Waals surface area contributed by atoms with E-state index in [1.807, 2.05) is 6.20 Å². The van der Waals surface area contributed by atoms with E-state index in [1.165, 1.54) is 25.1 Å². The third-order valence-electron chi connectivity index (χ3n) is 3.38. The molecular weight excluding hydrogens is 174 g/mol. The van der Waals surface area contributed by atoms with E-state index in [0.29, 0.717) is 11.8 Å². The van der Waals surface area contributed by atoms with Gasteiger partial charge >= 0.3 is 0 Å². The predicted molar refractivity (Wildman–Crippen MR) is 57.0 cm³/mol. The maximum absolute atomic E-state index is 5.78. The Labute approximate surface area is 85.3 Å². The van der Waals surface area contributed by atoms with Gasteiger partial charge in [0.05, 0.1) is 0 Å². The van der Waals surface area contributed by atoms with Crippen LogP contribution in [0.4, 0.5) is 0 Å². The second-order valence-corrected chi connectivity index (χ2v) is 4.10. The number of aromatic nitrogens is 2. The average Bonchev–Trinajstić information content (AvgIpc) is 2.85. The van der Waals surface area contributed by atoms with Gasteiger partial charge in [0.25, 0.3) is 0 Å². The molecule has 1 heterocycles. The Morgan fingerprint density at radius 1 is 1.57 bits per heavy atom. The minimum atomic E-state index is 0.606. The molecular formula is C11H19N3. The highest BCUT2D eigenvalue weighted by Gasteiger charge is 2.30. The minimum Gasteiger partial charge on any atom is -0.335 e. The molecule has 1 aliphatic rings. The van der Waals surface area contributed by atoms with Crippen molar-refractivity contribution >= 4 is 0 Å². The van der Waals surface area contributed by atoms with Crippen LogP contribution >= 0.6 is 0 Å². The Bertz CT molecular complexity index is 292. The van der Waals surface area contributed by atoms with Gasteiger partial charge in [-0.25, -0.2) is 4.98 Å². The van der Waals surface area contributed by atoms with Gasteiger partial charge in [-0.05, 0) is 32.2 Å². The number of hydrogen-bond acceptors (Lipinski definition) is 2. The molecule has 0 aliphatic heterocycles. The molecule has 1 saturated carbocycles. The van der Waals surface area contributed by atoms with Crippen LogP contribution in [-0.2, 0) is 6.54 Å². The lowest BCUT2D eigenvalue weighted by Crippen LogP contribution is -2.19. The lowest BCUT2D eigenvalue weighted by molar-refractivity contribution is 0.460. The van der Waals surface area contributed by atoms with Crippen molar-refractivity contribution in [3.05, 3.63) is 18.2 Å². The monoisotopic (exact) mass is 193 g/mol. The second-order valence-electron chi connectivity index (χ2n) is 4.10. The molecule has 14 heavy (non-hydrogen) atoms. The number of nitrogens with zero attached hydrogens (tertiary/aromatic N) is 2. The van der Waals surface area contributed by atoms with E-state index in [9.17, 15) is 0 Å². The summed E-state index contributed by atoms with van der Waals surface area (Å²) in [4.78, 5) is 4.47. The summed E-state index contributed by atoms with van der Waals surface area (Å²) in [6, 6.07) is 0. The molecule has 0 saturated heterocycles. The van der Waals surface area contributed by atoms with Crippen LogP contribution in [0.3, 0.4) is 0 Å². The highest BCUT2D eigenvalue weighted by molar-refractivity contribution is 5.05. The smallest absolute Gasteiger partial charge is 0.112 e. The molecule has 2 N–H and O–H groups in total. The van der Waals surface area contributed by atoms with Crippen LogP contribution < -0.4 is 5.73 Å². The van der Waals surface area contributed by atoms with Gasteiger partial charge in [0.2, 0.25) is 0 Å². The van der Waals surface area contributed by atoms with Gasteiger partial charge < -0.3 is 10.3 Å². The SMILES string of the molecule is CCn1ccnc1C1CCCC1CN. The van der Waals surface area contributed by atoms with Crippen LogP contribution in [0.1, 0.15) is 37.9 Å². The van der Waals surface area contributed by atoms with Crippen molar-refractivity contribution in [1.29, 1.82) is 0 Å². The van der Waals surface area contributed by atoms with Crippen LogP contribution in [0.2, 0.25) is 0 Å². The van der Waals surface area contributed by atoms with E-state index >= 15 is 0 Å². The molecule has 2 unspecified atom stereocenters. The molecule has 2 atom stereocenters. The number of nitrogens with two attached hydrogens (primary N) is 1. The molecule has 3 heteroatoms. The lowest BCUT2D eigenvalue weighted by Gasteiger charge is -2.18. The van der Waals surface area contributed by atoms with Gasteiger partial charge in [0, 0.05) is 24.9 Å². The third-order valence-corrected chi connectivity index (χ3v) is 3.38. The number of aryl methyl sites for hydroxylation is 1. The molecule has 0 amide bonds. The second kappa shape index (κ2) is 4.13. The molecule has 2 rings (SSSR count). The predicted octanol–water partition coefficient (Wildman–Crippen LogP) is 1.75. The standard InChI is InChI=1S/C11H19N3/c1-2-14-7-6-13-11(14)10-5-3-4-9(10)8-12/h6-7,9-10H,2-5,8,12H2,1H3. The largest absolute Gasteiger partial charge is 0.335 e. The Morgan fingerprint density at radius 3 is 3.14 bits per heavy atom. The summed E-state index contributed by atoms with van der Waals surface area (Å²) in [5, 5.41) is 0. The summed E-state index contributed by atoms with van der Waals surface area (Å²) in [6.45, 7) is 3.99. The zero-order valence-electron chi connectivity index (χ0n) is 8.82. The zero-order valence-corrected chi connectivity index (χ0v) is 8.82. The molecule has 0 bridgehead atoms. The van der Waals surface area contributed by atoms with Gasteiger partial charge in [0.1, 0.15) is 5.82 Å². The Balaban J connectivity index is 2.21. The van der Waals surface area contributed by atoms with Crippen LogP contribution in [0, 0.1) is 5.92 Å². The van der Waals surface area contributed by atoms with Crippen molar-refractivity contribution < 1.29 is 0 Å². The van der Waals surface area contributed by atoms with Gasteiger partial charge in [-0.3, -0.25) is 0 Å². The van der Waals surface area contributed by atoms with E-state index < -0.39 is 0 Å². The van der Waals surface area contributed by atoms with E-state index in [0.717, 1.165) is 13.1 Å². The molecule has 1 aromatic rings. The maximum Gasteiger partial charge on any atom is 0.112 e. The Hall–Kier alpha value is -0.830. The highest BCUT2D eigenvalue weighted by Crippen LogP contribution is 2.38. The molecule has 0 aromatic carbocycles. The fraction of sp³-hybridized carbons (Fsp3) is 0.727. The number of rotatable bonds is 3. The first kappa shape index (κ1) is 9.71. The molecule has 0 spiro atoms. The normalized spacial score (nSPS) is 27.0. The van der Waals surface area contributed by atoms with Gasteiger partial charge in [-0.15, -0.1) is 0 Å². The van der Waals surface area contributed by atoms with Crippen molar-refractivity contribution in [2.24, 2.45) is 11.7 Å². The Kier molecular flexibility index (Phi) is 2.87. The highest BCUT2D eigenvalue weighted by atomic mass is 15.1. The zero-order chi connectivity index (χ0) is 9.97. The van der Waals surface area contributed by atoms with Crippen molar-refractivity contribution in [2.45, 2.75) is 38.6 Å². The van der Waals surface area contributed by atoms with E-state index in [-0.39, 0.29) is 0 Å². The summed E-state index contributed by atoms with van der Waals surface area (Å²) in [7, 11) is 0.